The summed E-state index contributed by atoms with van der Waals surface area (Å²) in [5, 5.41) is 10.4. The minimum Gasteiger partial charge on any atom is -0.493 e. The molecule has 0 aliphatic carbocycles. The van der Waals surface area contributed by atoms with Crippen LogP contribution in [0.4, 0.5) is 5.82 Å². The van der Waals surface area contributed by atoms with E-state index >= 15 is 0 Å². The number of aromatic amines is 1. The maximum Gasteiger partial charge on any atom is 0.226 e. The molecule has 0 radical (unpaired) electrons. The Balaban J connectivity index is 2.19. The van der Waals surface area contributed by atoms with Crippen LogP contribution < -0.4 is 14.8 Å². The Morgan fingerprint density at radius 1 is 1.19 bits per heavy atom. The zero-order chi connectivity index (χ0) is 19.8. The number of hydrogen-bond acceptors (Lipinski definition) is 4. The van der Waals surface area contributed by atoms with Crippen molar-refractivity contribution in [1.29, 1.82) is 0 Å². The molecule has 1 aliphatic rings. The fourth-order valence-electron chi connectivity index (χ4n) is 3.71. The summed E-state index contributed by atoms with van der Waals surface area (Å²) < 4.78 is 11.8. The average Bonchev–Trinajstić information content (AvgIpc) is 3.02. The van der Waals surface area contributed by atoms with E-state index in [2.05, 4.69) is 36.3 Å². The third-order valence-corrected chi connectivity index (χ3v) is 4.90. The highest BCUT2D eigenvalue weighted by Gasteiger charge is 2.36. The Hall–Kier alpha value is -2.50. The number of fused-ring (bicyclic) bond motifs is 1. The standard InChI is InChI=1S/C21H29N3O3/c1-7-26-15-10-9-13(18(12(15)3)27-8-2)14-11-16(25)22-20-17(14)19(23-24-20)21(4,5)6/h9-10,14H,7-8,11H2,1-6H3,(H2,22,23,24,25). The Labute approximate surface area is 160 Å². The Bertz CT molecular complexity index is 849. The van der Waals surface area contributed by atoms with E-state index in [0.29, 0.717) is 25.5 Å². The molecule has 1 unspecified atom stereocenters. The van der Waals surface area contributed by atoms with Gasteiger partial charge in [0.1, 0.15) is 11.5 Å². The first-order chi connectivity index (χ1) is 12.8. The summed E-state index contributed by atoms with van der Waals surface area (Å²) in [6.07, 6.45) is 0.364. The highest BCUT2D eigenvalue weighted by molar-refractivity contribution is 5.94. The van der Waals surface area contributed by atoms with Crippen LogP contribution in [0.15, 0.2) is 12.1 Å². The predicted molar refractivity (Wildman–Crippen MR) is 106 cm³/mol. The molecule has 3 rings (SSSR count). The van der Waals surface area contributed by atoms with E-state index in [1.807, 2.05) is 32.9 Å². The number of carbonyl (C=O) groups is 1. The van der Waals surface area contributed by atoms with Gasteiger partial charge >= 0.3 is 0 Å². The summed E-state index contributed by atoms with van der Waals surface area (Å²) in [4.78, 5) is 12.4. The zero-order valence-corrected chi connectivity index (χ0v) is 17.0. The van der Waals surface area contributed by atoms with Crippen molar-refractivity contribution >= 4 is 11.7 Å². The molecule has 1 atom stereocenters. The maximum atomic E-state index is 12.4. The van der Waals surface area contributed by atoms with E-state index in [-0.39, 0.29) is 17.2 Å². The van der Waals surface area contributed by atoms with E-state index in [1.165, 1.54) is 0 Å². The van der Waals surface area contributed by atoms with Gasteiger partial charge in [0.05, 0.1) is 13.2 Å². The third-order valence-electron chi connectivity index (χ3n) is 4.90. The molecular weight excluding hydrogens is 342 g/mol. The van der Waals surface area contributed by atoms with Gasteiger partial charge in [-0.3, -0.25) is 9.89 Å². The summed E-state index contributed by atoms with van der Waals surface area (Å²) in [6, 6.07) is 4.00. The minimum atomic E-state index is -0.118. The highest BCUT2D eigenvalue weighted by Crippen LogP contribution is 2.46. The quantitative estimate of drug-likeness (QED) is 0.822. The first-order valence-corrected chi connectivity index (χ1v) is 9.55. The Kier molecular flexibility index (Phi) is 5.18. The lowest BCUT2D eigenvalue weighted by atomic mass is 9.79. The lowest BCUT2D eigenvalue weighted by Gasteiger charge is -2.29. The number of carbonyl (C=O) groups excluding carboxylic acids is 1. The highest BCUT2D eigenvalue weighted by atomic mass is 16.5. The molecule has 0 saturated carbocycles. The Morgan fingerprint density at radius 2 is 1.89 bits per heavy atom. The van der Waals surface area contributed by atoms with Crippen molar-refractivity contribution in [3.8, 4) is 11.5 Å². The zero-order valence-electron chi connectivity index (χ0n) is 17.0. The summed E-state index contributed by atoms with van der Waals surface area (Å²) in [5.74, 6) is 2.09. The van der Waals surface area contributed by atoms with Crippen molar-refractivity contribution in [2.75, 3.05) is 18.5 Å². The first kappa shape index (κ1) is 19.3. The SMILES string of the molecule is CCOc1ccc(C2CC(=O)Nc3n[nH]c(C(C)(C)C)c32)c(OCC)c1C. The number of benzene rings is 1. The van der Waals surface area contributed by atoms with Crippen LogP contribution in [-0.2, 0) is 10.2 Å². The second-order valence-corrected chi connectivity index (χ2v) is 7.89. The monoisotopic (exact) mass is 371 g/mol. The topological polar surface area (TPSA) is 76.2 Å². The second kappa shape index (κ2) is 7.25. The molecule has 2 N–H and O–H groups in total. The van der Waals surface area contributed by atoms with Crippen LogP contribution in [-0.4, -0.2) is 29.3 Å². The van der Waals surface area contributed by atoms with Gasteiger partial charge in [0, 0.05) is 40.1 Å². The lowest BCUT2D eigenvalue weighted by molar-refractivity contribution is -0.116. The largest absolute Gasteiger partial charge is 0.493 e. The summed E-state index contributed by atoms with van der Waals surface area (Å²) in [5.41, 5.74) is 3.93. The summed E-state index contributed by atoms with van der Waals surface area (Å²) in [7, 11) is 0. The number of ether oxygens (including phenoxy) is 2. The van der Waals surface area contributed by atoms with Crippen LogP contribution in [0.25, 0.3) is 0 Å². The van der Waals surface area contributed by atoms with E-state index < -0.39 is 0 Å². The molecule has 6 heteroatoms. The normalized spacial score (nSPS) is 16.7. The fourth-order valence-corrected chi connectivity index (χ4v) is 3.71. The molecule has 2 aromatic rings. The van der Waals surface area contributed by atoms with Gasteiger partial charge in [-0.05, 0) is 26.8 Å². The molecule has 6 nitrogen and oxygen atoms in total. The van der Waals surface area contributed by atoms with Crippen molar-refractivity contribution in [3.63, 3.8) is 0 Å². The van der Waals surface area contributed by atoms with Gasteiger partial charge < -0.3 is 14.8 Å². The van der Waals surface area contributed by atoms with Crippen LogP contribution in [0.2, 0.25) is 0 Å². The van der Waals surface area contributed by atoms with Crippen LogP contribution in [0.3, 0.4) is 0 Å². The van der Waals surface area contributed by atoms with E-state index in [0.717, 1.165) is 33.9 Å². The molecule has 0 bridgehead atoms. The maximum absolute atomic E-state index is 12.4. The molecular formula is C21H29N3O3. The van der Waals surface area contributed by atoms with Crippen molar-refractivity contribution in [2.45, 2.75) is 59.3 Å². The van der Waals surface area contributed by atoms with Crippen molar-refractivity contribution in [3.05, 3.63) is 34.5 Å². The number of rotatable bonds is 5. The molecule has 2 heterocycles. The van der Waals surface area contributed by atoms with Crippen LogP contribution in [0.5, 0.6) is 11.5 Å². The molecule has 0 fully saturated rings. The second-order valence-electron chi connectivity index (χ2n) is 7.89. The number of hydrogen-bond donors (Lipinski definition) is 2. The predicted octanol–water partition coefficient (Wildman–Crippen LogP) is 4.29. The molecule has 1 aromatic carbocycles. The van der Waals surface area contributed by atoms with Gasteiger partial charge in [0.15, 0.2) is 5.82 Å². The van der Waals surface area contributed by atoms with Gasteiger partial charge in [0.2, 0.25) is 5.91 Å². The minimum absolute atomic E-state index is 0.0338. The van der Waals surface area contributed by atoms with Crippen molar-refractivity contribution < 1.29 is 14.3 Å². The molecule has 1 aromatic heterocycles. The van der Waals surface area contributed by atoms with E-state index in [1.54, 1.807) is 0 Å². The molecule has 0 saturated heterocycles. The van der Waals surface area contributed by atoms with Gasteiger partial charge in [-0.1, -0.05) is 26.8 Å². The number of aromatic nitrogens is 2. The van der Waals surface area contributed by atoms with Gasteiger partial charge in [-0.15, -0.1) is 0 Å². The lowest BCUT2D eigenvalue weighted by Crippen LogP contribution is -2.26. The molecule has 27 heavy (non-hydrogen) atoms. The van der Waals surface area contributed by atoms with Crippen LogP contribution in [0, 0.1) is 6.92 Å². The average molecular weight is 371 g/mol. The number of nitrogens with one attached hydrogen (secondary N) is 2. The molecule has 1 aliphatic heterocycles. The number of H-pyrrole nitrogens is 1. The van der Waals surface area contributed by atoms with Gasteiger partial charge in [-0.25, -0.2) is 0 Å². The first-order valence-electron chi connectivity index (χ1n) is 9.55. The number of nitrogens with zero attached hydrogens (tertiary/aromatic N) is 1. The molecule has 1 amide bonds. The molecule has 146 valence electrons. The van der Waals surface area contributed by atoms with E-state index in [9.17, 15) is 4.79 Å². The molecule has 0 spiro atoms. The van der Waals surface area contributed by atoms with Gasteiger partial charge in [0.25, 0.3) is 0 Å². The smallest absolute Gasteiger partial charge is 0.226 e. The van der Waals surface area contributed by atoms with Crippen molar-refractivity contribution in [1.82, 2.24) is 10.2 Å². The van der Waals surface area contributed by atoms with Gasteiger partial charge in [-0.2, -0.15) is 5.10 Å². The van der Waals surface area contributed by atoms with Crippen LogP contribution in [0.1, 0.15) is 69.3 Å². The fraction of sp³-hybridized carbons (Fsp3) is 0.524. The summed E-state index contributed by atoms with van der Waals surface area (Å²) >= 11 is 0. The van der Waals surface area contributed by atoms with Crippen molar-refractivity contribution in [2.24, 2.45) is 0 Å². The number of amides is 1. The number of anilines is 1. The van der Waals surface area contributed by atoms with E-state index in [4.69, 9.17) is 9.47 Å². The Morgan fingerprint density at radius 3 is 2.52 bits per heavy atom. The third kappa shape index (κ3) is 3.53. The van der Waals surface area contributed by atoms with Crippen LogP contribution >= 0.6 is 0 Å². The summed E-state index contributed by atoms with van der Waals surface area (Å²) in [6.45, 7) is 13.5.